The molecule has 18 heavy (non-hydrogen) atoms. The molecule has 0 saturated carbocycles. The fraction of sp³-hybridized carbons (Fsp3) is 0.0909. The Labute approximate surface area is 102 Å². The lowest BCUT2D eigenvalue weighted by atomic mass is 10.3. The highest BCUT2D eigenvalue weighted by molar-refractivity contribution is 6.07. The van der Waals surface area contributed by atoms with Crippen molar-refractivity contribution in [1.29, 1.82) is 0 Å². The number of carboxylic acids is 1. The van der Waals surface area contributed by atoms with Crippen molar-refractivity contribution in [1.82, 2.24) is 15.0 Å². The first-order valence-electron chi connectivity index (χ1n) is 5.07. The molecule has 7 heteroatoms. The van der Waals surface area contributed by atoms with E-state index in [0.29, 0.717) is 5.69 Å². The van der Waals surface area contributed by atoms with Crippen LogP contribution < -0.4 is 5.32 Å². The van der Waals surface area contributed by atoms with Gasteiger partial charge in [0.15, 0.2) is 0 Å². The van der Waals surface area contributed by atoms with Crippen molar-refractivity contribution in [3.63, 3.8) is 0 Å². The Morgan fingerprint density at radius 2 is 2.00 bits per heavy atom. The van der Waals surface area contributed by atoms with E-state index in [4.69, 9.17) is 5.11 Å². The van der Waals surface area contributed by atoms with Crippen LogP contribution in [-0.4, -0.2) is 31.9 Å². The highest BCUT2D eigenvalue weighted by Crippen LogP contribution is 2.17. The number of carbonyl (C=O) groups excluding carboxylic acids is 1. The van der Waals surface area contributed by atoms with Gasteiger partial charge in [0.05, 0.1) is 11.3 Å². The fourth-order valence-electron chi connectivity index (χ4n) is 1.47. The Bertz CT molecular complexity index is 592. The number of amides is 1. The van der Waals surface area contributed by atoms with Gasteiger partial charge in [0, 0.05) is 18.1 Å². The lowest BCUT2D eigenvalue weighted by Crippen LogP contribution is -2.14. The number of aromatic amines is 1. The van der Waals surface area contributed by atoms with Crippen LogP contribution in [0.5, 0.6) is 0 Å². The van der Waals surface area contributed by atoms with Crippen molar-refractivity contribution in [3.8, 4) is 0 Å². The number of nitrogens with one attached hydrogen (secondary N) is 2. The van der Waals surface area contributed by atoms with E-state index in [0.717, 1.165) is 0 Å². The Morgan fingerprint density at radius 3 is 2.61 bits per heavy atom. The highest BCUT2D eigenvalue weighted by Gasteiger charge is 2.16. The Morgan fingerprint density at radius 1 is 1.33 bits per heavy atom. The smallest absolute Gasteiger partial charge is 0.354 e. The molecule has 0 spiro atoms. The first-order chi connectivity index (χ1) is 8.58. The highest BCUT2D eigenvalue weighted by atomic mass is 16.4. The molecule has 0 saturated heterocycles. The minimum absolute atomic E-state index is 0.0577. The minimum atomic E-state index is -1.14. The monoisotopic (exact) mass is 246 g/mol. The van der Waals surface area contributed by atoms with Gasteiger partial charge in [-0.3, -0.25) is 4.79 Å². The van der Waals surface area contributed by atoms with Crippen molar-refractivity contribution >= 4 is 17.6 Å². The maximum Gasteiger partial charge on any atom is 0.354 e. The fourth-order valence-corrected chi connectivity index (χ4v) is 1.47. The zero-order valence-electron chi connectivity index (χ0n) is 9.47. The van der Waals surface area contributed by atoms with Crippen LogP contribution in [0.4, 0.5) is 5.69 Å². The molecule has 0 fully saturated rings. The summed E-state index contributed by atoms with van der Waals surface area (Å²) >= 11 is 0. The van der Waals surface area contributed by atoms with Crippen molar-refractivity contribution in [2.45, 2.75) is 6.92 Å². The molecule has 1 amide bonds. The third kappa shape index (κ3) is 2.34. The summed E-state index contributed by atoms with van der Waals surface area (Å²) in [4.78, 5) is 32.8. The number of carboxylic acid groups (broad SMARTS) is 1. The van der Waals surface area contributed by atoms with E-state index in [1.54, 1.807) is 13.0 Å². The molecule has 0 aliphatic rings. The Kier molecular flexibility index (Phi) is 3.05. The average molecular weight is 246 g/mol. The van der Waals surface area contributed by atoms with Crippen molar-refractivity contribution in [3.05, 3.63) is 41.7 Å². The number of aromatic nitrogens is 3. The Hall–Kier alpha value is -2.70. The molecule has 0 aliphatic heterocycles. The number of hydrogen-bond acceptors (Lipinski definition) is 4. The predicted molar refractivity (Wildman–Crippen MR) is 62.5 cm³/mol. The molecule has 0 aliphatic carbocycles. The van der Waals surface area contributed by atoms with Crippen LogP contribution in [0.1, 0.15) is 26.5 Å². The van der Waals surface area contributed by atoms with Gasteiger partial charge in [0.25, 0.3) is 5.91 Å². The van der Waals surface area contributed by atoms with E-state index in [9.17, 15) is 9.59 Å². The summed E-state index contributed by atoms with van der Waals surface area (Å²) in [6.45, 7) is 1.70. The van der Waals surface area contributed by atoms with E-state index >= 15 is 0 Å². The first-order valence-corrected chi connectivity index (χ1v) is 5.07. The lowest BCUT2D eigenvalue weighted by Gasteiger charge is -2.03. The van der Waals surface area contributed by atoms with Gasteiger partial charge < -0.3 is 15.4 Å². The number of anilines is 1. The summed E-state index contributed by atoms with van der Waals surface area (Å²) in [5.74, 6) is -1.60. The summed E-state index contributed by atoms with van der Waals surface area (Å²) in [5.41, 5.74) is 1.06. The van der Waals surface area contributed by atoms with E-state index in [1.165, 1.54) is 18.7 Å². The number of hydrogen-bond donors (Lipinski definition) is 3. The molecule has 7 nitrogen and oxygen atoms in total. The summed E-state index contributed by atoms with van der Waals surface area (Å²) in [6.07, 6.45) is 4.00. The molecule has 0 unspecified atom stereocenters. The summed E-state index contributed by atoms with van der Waals surface area (Å²) in [5, 5.41) is 11.5. The van der Waals surface area contributed by atoms with Gasteiger partial charge in [-0.25, -0.2) is 14.8 Å². The van der Waals surface area contributed by atoms with Crippen LogP contribution in [0, 0.1) is 6.92 Å². The van der Waals surface area contributed by atoms with E-state index in [2.05, 4.69) is 20.3 Å². The van der Waals surface area contributed by atoms with E-state index < -0.39 is 11.9 Å². The molecule has 3 N–H and O–H groups in total. The minimum Gasteiger partial charge on any atom is -0.477 e. The number of nitrogens with zero attached hydrogens (tertiary/aromatic N) is 2. The average Bonchev–Trinajstić information content (AvgIpc) is 2.71. The molecule has 0 bridgehead atoms. The quantitative estimate of drug-likeness (QED) is 0.750. The molecule has 2 aromatic heterocycles. The van der Waals surface area contributed by atoms with Gasteiger partial charge in [-0.15, -0.1) is 0 Å². The number of H-pyrrole nitrogens is 1. The maximum atomic E-state index is 11.8. The van der Waals surface area contributed by atoms with Gasteiger partial charge in [-0.2, -0.15) is 0 Å². The molecular formula is C11H10N4O3. The van der Waals surface area contributed by atoms with Crippen molar-refractivity contribution < 1.29 is 14.7 Å². The number of carbonyl (C=O) groups is 2. The zero-order chi connectivity index (χ0) is 13.1. The largest absolute Gasteiger partial charge is 0.477 e. The molecule has 0 aromatic carbocycles. The van der Waals surface area contributed by atoms with Crippen molar-refractivity contribution in [2.75, 3.05) is 5.32 Å². The standard InChI is InChI=1S/C11H10N4O3/c1-6-2-8(9(14-6)11(17)18)15-10(16)7-3-12-5-13-4-7/h2-5,14H,1H3,(H,15,16)(H,17,18). The summed E-state index contributed by atoms with van der Waals surface area (Å²) in [7, 11) is 0. The van der Waals surface area contributed by atoms with Gasteiger partial charge in [0.2, 0.25) is 0 Å². The van der Waals surface area contributed by atoms with Crippen LogP contribution in [0.2, 0.25) is 0 Å². The second-order valence-electron chi connectivity index (χ2n) is 3.63. The van der Waals surface area contributed by atoms with E-state index in [-0.39, 0.29) is 16.9 Å². The van der Waals surface area contributed by atoms with E-state index in [1.807, 2.05) is 0 Å². The number of aryl methyl sites for hydroxylation is 1. The normalized spacial score (nSPS) is 10.1. The lowest BCUT2D eigenvalue weighted by molar-refractivity contribution is 0.0692. The number of rotatable bonds is 3. The van der Waals surface area contributed by atoms with Crippen LogP contribution in [0.25, 0.3) is 0 Å². The van der Waals surface area contributed by atoms with Gasteiger partial charge in [-0.05, 0) is 13.0 Å². The number of aromatic carboxylic acids is 1. The molecule has 92 valence electrons. The van der Waals surface area contributed by atoms with Crippen LogP contribution in [0.3, 0.4) is 0 Å². The maximum absolute atomic E-state index is 11.8. The molecule has 0 atom stereocenters. The molecular weight excluding hydrogens is 236 g/mol. The second-order valence-corrected chi connectivity index (χ2v) is 3.63. The van der Waals surface area contributed by atoms with Crippen molar-refractivity contribution in [2.24, 2.45) is 0 Å². The molecule has 0 radical (unpaired) electrons. The zero-order valence-corrected chi connectivity index (χ0v) is 9.47. The third-order valence-corrected chi connectivity index (χ3v) is 2.24. The topological polar surface area (TPSA) is 108 Å². The van der Waals surface area contributed by atoms with Gasteiger partial charge in [0.1, 0.15) is 12.0 Å². The predicted octanol–water partition coefficient (Wildman–Crippen LogP) is 1.06. The second kappa shape index (κ2) is 4.66. The summed E-state index contributed by atoms with van der Waals surface area (Å²) in [6, 6.07) is 1.55. The molecule has 2 heterocycles. The van der Waals surface area contributed by atoms with Crippen LogP contribution in [-0.2, 0) is 0 Å². The molecule has 2 aromatic rings. The summed E-state index contributed by atoms with van der Waals surface area (Å²) < 4.78 is 0. The third-order valence-electron chi connectivity index (χ3n) is 2.24. The SMILES string of the molecule is Cc1cc(NC(=O)c2cncnc2)c(C(=O)O)[nH]1. The van der Waals surface area contributed by atoms with Gasteiger partial charge in [-0.1, -0.05) is 0 Å². The molecule has 2 rings (SSSR count). The Balaban J connectivity index is 2.25. The van der Waals surface area contributed by atoms with Gasteiger partial charge >= 0.3 is 5.97 Å². The van der Waals surface area contributed by atoms with Crippen LogP contribution in [0.15, 0.2) is 24.8 Å². The first kappa shape index (κ1) is 11.8. The van der Waals surface area contributed by atoms with Crippen LogP contribution >= 0.6 is 0 Å².